The Hall–Kier alpha value is -3.10. The number of hydrogen-bond acceptors (Lipinski definition) is 6. The van der Waals surface area contributed by atoms with Crippen LogP contribution in [0.15, 0.2) is 30.3 Å². The first-order valence-electron chi connectivity index (χ1n) is 8.56. The Bertz CT molecular complexity index is 694. The molecular formula is C18H23N3O6. The molecule has 146 valence electrons. The number of esters is 1. The minimum Gasteiger partial charge on any atom is -0.467 e. The highest BCUT2D eigenvalue weighted by Crippen LogP contribution is 2.20. The molecule has 1 aromatic rings. The van der Waals surface area contributed by atoms with Gasteiger partial charge in [0.25, 0.3) is 0 Å². The highest BCUT2D eigenvalue weighted by atomic mass is 16.5. The van der Waals surface area contributed by atoms with Gasteiger partial charge in [-0.3, -0.25) is 9.59 Å². The number of rotatable bonds is 7. The summed E-state index contributed by atoms with van der Waals surface area (Å²) >= 11 is 0. The molecule has 0 saturated carbocycles. The lowest BCUT2D eigenvalue weighted by atomic mass is 10.1. The maximum Gasteiger partial charge on any atom is 0.408 e. The van der Waals surface area contributed by atoms with Crippen molar-refractivity contribution >= 4 is 23.9 Å². The zero-order valence-electron chi connectivity index (χ0n) is 15.1. The van der Waals surface area contributed by atoms with E-state index in [1.807, 2.05) is 6.07 Å². The number of nitrogens with zero attached hydrogens (tertiary/aromatic N) is 1. The number of hydrogen-bond donors (Lipinski definition) is 2. The fourth-order valence-corrected chi connectivity index (χ4v) is 2.92. The van der Waals surface area contributed by atoms with Crippen LogP contribution in [0.2, 0.25) is 0 Å². The molecule has 2 atom stereocenters. The molecule has 0 radical (unpaired) electrons. The molecule has 1 aliphatic rings. The Labute approximate surface area is 156 Å². The number of carbonyl (C=O) groups excluding carboxylic acids is 4. The summed E-state index contributed by atoms with van der Waals surface area (Å²) < 4.78 is 9.79. The van der Waals surface area contributed by atoms with Crippen LogP contribution in [0.4, 0.5) is 4.79 Å². The first kappa shape index (κ1) is 20.2. The molecule has 9 nitrogen and oxygen atoms in total. The normalized spacial score (nSPS) is 17.1. The smallest absolute Gasteiger partial charge is 0.408 e. The molecule has 0 spiro atoms. The molecule has 1 saturated heterocycles. The zero-order chi connectivity index (χ0) is 19.8. The Morgan fingerprint density at radius 1 is 1.26 bits per heavy atom. The van der Waals surface area contributed by atoms with Crippen LogP contribution in [0.1, 0.15) is 24.8 Å². The third-order valence-electron chi connectivity index (χ3n) is 4.22. The number of nitrogens with two attached hydrogens (primary N) is 1. The summed E-state index contributed by atoms with van der Waals surface area (Å²) in [5.41, 5.74) is 5.97. The van der Waals surface area contributed by atoms with E-state index in [0.717, 1.165) is 5.56 Å². The average Bonchev–Trinajstić information content (AvgIpc) is 3.15. The molecule has 1 aliphatic heterocycles. The van der Waals surface area contributed by atoms with E-state index in [1.54, 1.807) is 24.3 Å². The number of nitrogens with one attached hydrogen (secondary N) is 1. The largest absolute Gasteiger partial charge is 0.467 e. The van der Waals surface area contributed by atoms with Crippen molar-refractivity contribution in [1.29, 1.82) is 0 Å². The molecule has 3 amide bonds. The van der Waals surface area contributed by atoms with E-state index in [1.165, 1.54) is 12.0 Å². The second-order valence-corrected chi connectivity index (χ2v) is 6.14. The number of likely N-dealkylation sites (tertiary alicyclic amines) is 1. The predicted molar refractivity (Wildman–Crippen MR) is 94.1 cm³/mol. The molecule has 0 unspecified atom stereocenters. The molecule has 0 aliphatic carbocycles. The number of methoxy groups -OCH3 is 1. The first-order valence-corrected chi connectivity index (χ1v) is 8.56. The van der Waals surface area contributed by atoms with Crippen molar-refractivity contribution in [3.05, 3.63) is 35.9 Å². The van der Waals surface area contributed by atoms with Gasteiger partial charge in [-0.25, -0.2) is 9.59 Å². The van der Waals surface area contributed by atoms with Crippen LogP contribution >= 0.6 is 0 Å². The maximum atomic E-state index is 12.8. The van der Waals surface area contributed by atoms with Crippen LogP contribution in [-0.4, -0.2) is 54.5 Å². The fraction of sp³-hybridized carbons (Fsp3) is 0.444. The Kier molecular flexibility index (Phi) is 7.16. The number of carbonyl (C=O) groups is 4. The van der Waals surface area contributed by atoms with E-state index in [0.29, 0.717) is 19.4 Å². The second-order valence-electron chi connectivity index (χ2n) is 6.14. The topological polar surface area (TPSA) is 128 Å². The van der Waals surface area contributed by atoms with Crippen LogP contribution in [0.3, 0.4) is 0 Å². The van der Waals surface area contributed by atoms with Gasteiger partial charge >= 0.3 is 12.1 Å². The number of benzene rings is 1. The third-order valence-corrected chi connectivity index (χ3v) is 4.22. The Morgan fingerprint density at radius 3 is 2.59 bits per heavy atom. The summed E-state index contributed by atoms with van der Waals surface area (Å²) in [6, 6.07) is 7.05. The molecule has 1 heterocycles. The molecule has 3 N–H and O–H groups in total. The van der Waals surface area contributed by atoms with Crippen LogP contribution < -0.4 is 11.1 Å². The third kappa shape index (κ3) is 5.70. The maximum absolute atomic E-state index is 12.8. The lowest BCUT2D eigenvalue weighted by molar-refractivity contribution is -0.151. The summed E-state index contributed by atoms with van der Waals surface area (Å²) in [6.45, 7) is 0.341. The van der Waals surface area contributed by atoms with Gasteiger partial charge in [-0.1, -0.05) is 30.3 Å². The quantitative estimate of drug-likeness (QED) is 0.659. The van der Waals surface area contributed by atoms with Crippen LogP contribution in [0.25, 0.3) is 0 Å². The molecule has 0 bridgehead atoms. The molecular weight excluding hydrogens is 354 g/mol. The SMILES string of the molecule is COC(=O)[C@@H]1CCCN1C(=O)[C@H](CC(N)=O)NC(=O)OCc1ccccc1. The minimum atomic E-state index is -1.21. The zero-order valence-corrected chi connectivity index (χ0v) is 15.1. The van der Waals surface area contributed by atoms with Crippen molar-refractivity contribution in [1.82, 2.24) is 10.2 Å². The highest BCUT2D eigenvalue weighted by Gasteiger charge is 2.38. The van der Waals surface area contributed by atoms with E-state index in [-0.39, 0.29) is 6.61 Å². The predicted octanol–water partition coefficient (Wildman–Crippen LogP) is 0.321. The summed E-state index contributed by atoms with van der Waals surface area (Å²) in [7, 11) is 1.24. The van der Waals surface area contributed by atoms with Crippen molar-refractivity contribution in [2.24, 2.45) is 5.73 Å². The molecule has 0 aromatic heterocycles. The van der Waals surface area contributed by atoms with E-state index >= 15 is 0 Å². The van der Waals surface area contributed by atoms with Gasteiger partial charge in [-0.05, 0) is 18.4 Å². The monoisotopic (exact) mass is 377 g/mol. The first-order chi connectivity index (χ1) is 12.9. The van der Waals surface area contributed by atoms with Crippen molar-refractivity contribution in [2.45, 2.75) is 38.0 Å². The average molecular weight is 377 g/mol. The fourth-order valence-electron chi connectivity index (χ4n) is 2.92. The molecule has 27 heavy (non-hydrogen) atoms. The molecule has 2 rings (SSSR count). The Morgan fingerprint density at radius 2 is 1.96 bits per heavy atom. The summed E-state index contributed by atoms with van der Waals surface area (Å²) in [5, 5.41) is 2.37. The van der Waals surface area contributed by atoms with E-state index in [2.05, 4.69) is 5.32 Å². The van der Waals surface area contributed by atoms with Gasteiger partial charge in [0.05, 0.1) is 13.5 Å². The lowest BCUT2D eigenvalue weighted by Crippen LogP contribution is -2.53. The Balaban J connectivity index is 2.01. The number of ether oxygens (including phenoxy) is 2. The van der Waals surface area contributed by atoms with Gasteiger partial charge in [0.1, 0.15) is 18.7 Å². The van der Waals surface area contributed by atoms with Crippen molar-refractivity contribution in [3.63, 3.8) is 0 Å². The summed E-state index contributed by atoms with van der Waals surface area (Å²) in [5.74, 6) is -1.87. The number of primary amides is 1. The summed E-state index contributed by atoms with van der Waals surface area (Å²) in [6.07, 6.45) is -0.177. The van der Waals surface area contributed by atoms with Gasteiger partial charge in [-0.15, -0.1) is 0 Å². The lowest BCUT2D eigenvalue weighted by Gasteiger charge is -2.27. The van der Waals surface area contributed by atoms with E-state index in [4.69, 9.17) is 15.2 Å². The minimum absolute atomic E-state index is 0.0126. The second kappa shape index (κ2) is 9.56. The van der Waals surface area contributed by atoms with Gasteiger partial charge in [0.15, 0.2) is 0 Å². The van der Waals surface area contributed by atoms with Crippen molar-refractivity contribution < 1.29 is 28.7 Å². The van der Waals surface area contributed by atoms with Crippen LogP contribution in [0.5, 0.6) is 0 Å². The number of amides is 3. The molecule has 1 fully saturated rings. The van der Waals surface area contributed by atoms with Crippen molar-refractivity contribution in [3.8, 4) is 0 Å². The standard InChI is InChI=1S/C18H23N3O6/c1-26-17(24)14-8-5-9-21(14)16(23)13(10-15(19)22)20-18(25)27-11-12-6-3-2-4-7-12/h2-4,6-7,13-14H,5,8-11H2,1H3,(H2,19,22)(H,20,25)/t13-,14-/m0/s1. The van der Waals surface area contributed by atoms with Gasteiger partial charge < -0.3 is 25.4 Å². The van der Waals surface area contributed by atoms with Gasteiger partial charge in [-0.2, -0.15) is 0 Å². The highest BCUT2D eigenvalue weighted by molar-refractivity contribution is 5.93. The van der Waals surface area contributed by atoms with Crippen molar-refractivity contribution in [2.75, 3.05) is 13.7 Å². The van der Waals surface area contributed by atoms with Gasteiger partial charge in [0, 0.05) is 6.54 Å². The molecule has 1 aromatic carbocycles. The molecule has 9 heteroatoms. The van der Waals surface area contributed by atoms with E-state index < -0.39 is 42.4 Å². The van der Waals surface area contributed by atoms with Gasteiger partial charge in [0.2, 0.25) is 11.8 Å². The summed E-state index contributed by atoms with van der Waals surface area (Å²) in [4.78, 5) is 49.3. The van der Waals surface area contributed by atoms with E-state index in [9.17, 15) is 19.2 Å². The van der Waals surface area contributed by atoms with Crippen LogP contribution in [-0.2, 0) is 30.5 Å². The van der Waals surface area contributed by atoms with Crippen LogP contribution in [0, 0.1) is 0 Å². The number of alkyl carbamates (subject to hydrolysis) is 1.